The molecular formula is C21H28FN5O. The molecule has 6 nitrogen and oxygen atoms in total. The maximum atomic E-state index is 13.1. The third-order valence-corrected chi connectivity index (χ3v) is 4.99. The summed E-state index contributed by atoms with van der Waals surface area (Å²) in [5.41, 5.74) is 4.26. The monoisotopic (exact) mass is 385 g/mol. The summed E-state index contributed by atoms with van der Waals surface area (Å²) in [6, 6.07) is 7.36. The molecule has 0 saturated carbocycles. The van der Waals surface area contributed by atoms with E-state index in [2.05, 4.69) is 20.2 Å². The number of ether oxygens (including phenoxy) is 1. The molecule has 0 spiro atoms. The van der Waals surface area contributed by atoms with Crippen LogP contribution in [0.15, 0.2) is 42.9 Å². The van der Waals surface area contributed by atoms with Crippen molar-refractivity contribution in [3.05, 3.63) is 54.2 Å². The number of rotatable bonds is 5. The topological polar surface area (TPSA) is 59.0 Å². The Hall–Kier alpha value is -2.67. The van der Waals surface area contributed by atoms with E-state index in [4.69, 9.17) is 4.74 Å². The predicted molar refractivity (Wildman–Crippen MR) is 109 cm³/mol. The van der Waals surface area contributed by atoms with Gasteiger partial charge in [-0.3, -0.25) is 9.78 Å². The summed E-state index contributed by atoms with van der Waals surface area (Å²) in [4.78, 5) is 2.29. The van der Waals surface area contributed by atoms with Crippen molar-refractivity contribution in [3.63, 3.8) is 0 Å². The Kier molecular flexibility index (Phi) is 6.81. The summed E-state index contributed by atoms with van der Waals surface area (Å²) in [5.74, 6) is -0.158. The molecule has 1 aliphatic rings. The number of methoxy groups -OCH3 is 1. The normalized spacial score (nSPS) is 16.1. The first-order chi connectivity index (χ1) is 13.6. The van der Waals surface area contributed by atoms with Gasteiger partial charge in [0, 0.05) is 50.8 Å². The summed E-state index contributed by atoms with van der Waals surface area (Å²) in [5, 5.41) is 11.0. The molecule has 1 fully saturated rings. The van der Waals surface area contributed by atoms with Gasteiger partial charge < -0.3 is 9.64 Å². The van der Waals surface area contributed by atoms with E-state index in [1.807, 2.05) is 38.6 Å². The van der Waals surface area contributed by atoms with Gasteiger partial charge in [0.1, 0.15) is 5.82 Å². The Morgan fingerprint density at radius 1 is 1.32 bits per heavy atom. The van der Waals surface area contributed by atoms with Crippen LogP contribution in [-0.2, 0) is 11.8 Å². The maximum absolute atomic E-state index is 13.1. The molecule has 7 heteroatoms. The van der Waals surface area contributed by atoms with Crippen molar-refractivity contribution in [2.45, 2.75) is 32.2 Å². The lowest BCUT2D eigenvalue weighted by molar-refractivity contribution is 0.188. The molecule has 1 atom stereocenters. The molecule has 1 unspecified atom stereocenters. The van der Waals surface area contributed by atoms with E-state index in [-0.39, 0.29) is 5.82 Å². The van der Waals surface area contributed by atoms with E-state index in [1.165, 1.54) is 18.9 Å². The van der Waals surface area contributed by atoms with Crippen LogP contribution in [0, 0.1) is 12.7 Å². The van der Waals surface area contributed by atoms with Gasteiger partial charge in [-0.1, -0.05) is 6.07 Å². The lowest BCUT2D eigenvalue weighted by atomic mass is 10.1. The first kappa shape index (κ1) is 20.1. The van der Waals surface area contributed by atoms with Gasteiger partial charge in [-0.15, -0.1) is 0 Å². The number of hydrogen-bond acceptors (Lipinski definition) is 4. The SMILES string of the molecule is COCCC1CCCN1c1cccc(F)c1.Cc1cn[nH]c1-c1cnn(C)c1. The average Bonchev–Trinajstić information content (AvgIpc) is 3.41. The summed E-state index contributed by atoms with van der Waals surface area (Å²) < 4.78 is 20.0. The van der Waals surface area contributed by atoms with Crippen molar-refractivity contribution >= 4 is 5.69 Å². The predicted octanol–water partition coefficient (Wildman–Crippen LogP) is 3.95. The first-order valence-corrected chi connectivity index (χ1v) is 9.58. The minimum Gasteiger partial charge on any atom is -0.385 e. The Morgan fingerprint density at radius 2 is 2.18 bits per heavy atom. The number of aryl methyl sites for hydroxylation is 2. The highest BCUT2D eigenvalue weighted by atomic mass is 19.1. The van der Waals surface area contributed by atoms with Crippen LogP contribution in [-0.4, -0.2) is 46.3 Å². The molecule has 1 N–H and O–H groups in total. The molecule has 1 saturated heterocycles. The maximum Gasteiger partial charge on any atom is 0.125 e. The number of halogens is 1. The average molecular weight is 385 g/mol. The van der Waals surface area contributed by atoms with Gasteiger partial charge >= 0.3 is 0 Å². The molecule has 28 heavy (non-hydrogen) atoms. The van der Waals surface area contributed by atoms with Crippen LogP contribution < -0.4 is 4.90 Å². The quantitative estimate of drug-likeness (QED) is 0.722. The molecule has 150 valence electrons. The first-order valence-electron chi connectivity index (χ1n) is 9.58. The van der Waals surface area contributed by atoms with Crippen LogP contribution >= 0.6 is 0 Å². The van der Waals surface area contributed by atoms with Crippen molar-refractivity contribution in [2.75, 3.05) is 25.2 Å². The largest absolute Gasteiger partial charge is 0.385 e. The lowest BCUT2D eigenvalue weighted by Crippen LogP contribution is -2.30. The number of nitrogens with one attached hydrogen (secondary N) is 1. The van der Waals surface area contributed by atoms with Crippen LogP contribution in [0.3, 0.4) is 0 Å². The van der Waals surface area contributed by atoms with Gasteiger partial charge in [0.05, 0.1) is 18.1 Å². The second kappa shape index (κ2) is 9.50. The van der Waals surface area contributed by atoms with E-state index < -0.39 is 0 Å². The number of anilines is 1. The van der Waals surface area contributed by atoms with Gasteiger partial charge in [-0.25, -0.2) is 4.39 Å². The standard InChI is InChI=1S/C13H18FNO.C8H10N4/c1-16-9-7-12-6-3-8-15(12)13-5-2-4-11(14)10-13;1-6-3-9-11-8(6)7-4-10-12(2)5-7/h2,4-5,10,12H,3,6-9H2,1H3;3-5H,1-2H3,(H,9,11). The molecule has 2 aromatic heterocycles. The van der Waals surface area contributed by atoms with Crippen LogP contribution in [0.25, 0.3) is 11.3 Å². The fraction of sp³-hybridized carbons (Fsp3) is 0.429. The van der Waals surface area contributed by atoms with E-state index in [0.29, 0.717) is 6.04 Å². The summed E-state index contributed by atoms with van der Waals surface area (Å²) in [6.07, 6.45) is 8.97. The molecule has 4 rings (SSSR count). The second-order valence-electron chi connectivity index (χ2n) is 7.08. The zero-order valence-corrected chi connectivity index (χ0v) is 16.7. The third-order valence-electron chi connectivity index (χ3n) is 4.99. The lowest BCUT2D eigenvalue weighted by Gasteiger charge is -2.26. The smallest absolute Gasteiger partial charge is 0.125 e. The highest BCUT2D eigenvalue weighted by Crippen LogP contribution is 2.27. The van der Waals surface area contributed by atoms with Crippen molar-refractivity contribution < 1.29 is 9.13 Å². The number of H-pyrrole nitrogens is 1. The highest BCUT2D eigenvalue weighted by Gasteiger charge is 2.24. The Balaban J connectivity index is 0.000000167. The van der Waals surface area contributed by atoms with Crippen LogP contribution in [0.2, 0.25) is 0 Å². The van der Waals surface area contributed by atoms with E-state index in [1.54, 1.807) is 23.9 Å². The Labute approximate surface area is 165 Å². The van der Waals surface area contributed by atoms with Crippen LogP contribution in [0.4, 0.5) is 10.1 Å². The molecule has 0 bridgehead atoms. The van der Waals surface area contributed by atoms with E-state index >= 15 is 0 Å². The van der Waals surface area contributed by atoms with Gasteiger partial charge in [-0.2, -0.15) is 10.2 Å². The summed E-state index contributed by atoms with van der Waals surface area (Å²) in [6.45, 7) is 3.82. The molecule has 3 heterocycles. The van der Waals surface area contributed by atoms with E-state index in [9.17, 15) is 4.39 Å². The number of aromatic nitrogens is 4. The molecule has 0 radical (unpaired) electrons. The number of hydrogen-bond donors (Lipinski definition) is 1. The fourth-order valence-corrected chi connectivity index (χ4v) is 3.57. The van der Waals surface area contributed by atoms with Crippen molar-refractivity contribution in [3.8, 4) is 11.3 Å². The van der Waals surface area contributed by atoms with Gasteiger partial charge in [0.25, 0.3) is 0 Å². The molecular weight excluding hydrogens is 357 g/mol. The molecule has 0 aliphatic carbocycles. The number of benzene rings is 1. The summed E-state index contributed by atoms with van der Waals surface area (Å²) >= 11 is 0. The third kappa shape index (κ3) is 4.98. The molecule has 0 amide bonds. The zero-order chi connectivity index (χ0) is 19.9. The second-order valence-corrected chi connectivity index (χ2v) is 7.08. The number of nitrogens with zero attached hydrogens (tertiary/aromatic N) is 4. The summed E-state index contributed by atoms with van der Waals surface area (Å²) in [7, 11) is 3.62. The minimum atomic E-state index is -0.158. The minimum absolute atomic E-state index is 0.158. The Bertz CT molecular complexity index is 875. The molecule has 1 aromatic carbocycles. The van der Waals surface area contributed by atoms with Crippen LogP contribution in [0.5, 0.6) is 0 Å². The molecule has 1 aliphatic heterocycles. The molecule has 3 aromatic rings. The van der Waals surface area contributed by atoms with E-state index in [0.717, 1.165) is 42.1 Å². The highest BCUT2D eigenvalue weighted by molar-refractivity contribution is 5.60. The van der Waals surface area contributed by atoms with Gasteiger partial charge in [-0.05, 0) is 49.9 Å². The fourth-order valence-electron chi connectivity index (χ4n) is 3.57. The van der Waals surface area contributed by atoms with Crippen LogP contribution in [0.1, 0.15) is 24.8 Å². The Morgan fingerprint density at radius 3 is 2.82 bits per heavy atom. The van der Waals surface area contributed by atoms with Crippen molar-refractivity contribution in [2.24, 2.45) is 7.05 Å². The van der Waals surface area contributed by atoms with Gasteiger partial charge in [0.2, 0.25) is 0 Å². The number of aromatic amines is 1. The van der Waals surface area contributed by atoms with Crippen molar-refractivity contribution in [1.82, 2.24) is 20.0 Å². The van der Waals surface area contributed by atoms with Crippen molar-refractivity contribution in [1.29, 1.82) is 0 Å². The zero-order valence-electron chi connectivity index (χ0n) is 16.7. The van der Waals surface area contributed by atoms with Gasteiger partial charge in [0.15, 0.2) is 0 Å².